The third-order valence-corrected chi connectivity index (χ3v) is 8.17. The van der Waals surface area contributed by atoms with Crippen LogP contribution in [0, 0.1) is 27.7 Å². The number of aryl methyl sites for hydroxylation is 4. The molecule has 0 radical (unpaired) electrons. The fraction of sp³-hybridized carbons (Fsp3) is 0.226. The van der Waals surface area contributed by atoms with Crippen LogP contribution in [0.25, 0.3) is 0 Å². The molecule has 0 aromatic heterocycles. The molecule has 0 aliphatic carbocycles. The van der Waals surface area contributed by atoms with Crippen LogP contribution >= 0.6 is 0 Å². The van der Waals surface area contributed by atoms with Crippen molar-refractivity contribution in [2.24, 2.45) is 0 Å². The lowest BCUT2D eigenvalue weighted by Gasteiger charge is -2.30. The Morgan fingerprint density at radius 3 is 1.78 bits per heavy atom. The second kappa shape index (κ2) is 11.2. The van der Waals surface area contributed by atoms with Crippen molar-refractivity contribution >= 4 is 10.0 Å². The monoisotopic (exact) mass is 498 g/mol. The Hall–Kier alpha value is -3.25. The van der Waals surface area contributed by atoms with E-state index < -0.39 is 16.1 Å². The van der Waals surface area contributed by atoms with E-state index in [-0.39, 0.29) is 6.04 Å². The molecule has 0 heterocycles. The summed E-state index contributed by atoms with van der Waals surface area (Å²) in [5.41, 5.74) is 7.13. The minimum absolute atomic E-state index is 0.298. The van der Waals surface area contributed by atoms with Gasteiger partial charge in [-0.3, -0.25) is 0 Å². The first-order valence-corrected chi connectivity index (χ1v) is 13.7. The van der Waals surface area contributed by atoms with Gasteiger partial charge in [-0.2, -0.15) is 0 Å². The summed E-state index contributed by atoms with van der Waals surface area (Å²) < 4.78 is 30.6. The normalized spacial score (nSPS) is 13.3. The highest BCUT2D eigenvalue weighted by Crippen LogP contribution is 2.32. The van der Waals surface area contributed by atoms with Gasteiger partial charge in [0.2, 0.25) is 10.0 Å². The van der Waals surface area contributed by atoms with Crippen molar-refractivity contribution in [1.82, 2.24) is 10.0 Å². The third-order valence-electron chi connectivity index (χ3n) is 6.58. The first-order valence-electron chi connectivity index (χ1n) is 12.2. The summed E-state index contributed by atoms with van der Waals surface area (Å²) in [6, 6.07) is 31.0. The molecule has 2 N–H and O–H groups in total. The number of rotatable bonds is 9. The van der Waals surface area contributed by atoms with E-state index in [2.05, 4.69) is 42.1 Å². The largest absolute Gasteiger partial charge is 0.304 e. The smallest absolute Gasteiger partial charge is 0.241 e. The van der Waals surface area contributed by atoms with Gasteiger partial charge in [0, 0.05) is 6.54 Å². The molecule has 0 amide bonds. The Balaban J connectivity index is 1.77. The van der Waals surface area contributed by atoms with E-state index in [1.807, 2.05) is 86.6 Å². The highest BCUT2D eigenvalue weighted by Gasteiger charge is 2.30. The van der Waals surface area contributed by atoms with Crippen LogP contribution in [0.15, 0.2) is 102 Å². The van der Waals surface area contributed by atoms with Gasteiger partial charge in [-0.1, -0.05) is 96.6 Å². The van der Waals surface area contributed by atoms with Gasteiger partial charge >= 0.3 is 0 Å². The molecule has 0 bridgehead atoms. The summed E-state index contributed by atoms with van der Waals surface area (Å²) in [6.45, 7) is 8.54. The molecule has 5 heteroatoms. The lowest BCUT2D eigenvalue weighted by atomic mass is 9.93. The van der Waals surface area contributed by atoms with Gasteiger partial charge in [-0.05, 0) is 67.1 Å². The summed E-state index contributed by atoms with van der Waals surface area (Å²) in [4.78, 5) is 0.310. The van der Waals surface area contributed by atoms with Crippen LogP contribution in [0.4, 0.5) is 0 Å². The maximum Gasteiger partial charge on any atom is 0.241 e. The van der Waals surface area contributed by atoms with Crippen LogP contribution < -0.4 is 10.0 Å². The Kier molecular flexibility index (Phi) is 8.04. The second-order valence-corrected chi connectivity index (χ2v) is 11.2. The molecule has 0 spiro atoms. The molecular formula is C31H34N2O2S. The minimum atomic E-state index is -3.80. The molecule has 2 atom stereocenters. The van der Waals surface area contributed by atoms with E-state index in [9.17, 15) is 8.42 Å². The molecule has 36 heavy (non-hydrogen) atoms. The van der Waals surface area contributed by atoms with Crippen LogP contribution in [-0.2, 0) is 16.6 Å². The fourth-order valence-corrected chi connectivity index (χ4v) is 6.08. The van der Waals surface area contributed by atoms with Crippen LogP contribution in [-0.4, -0.2) is 8.42 Å². The summed E-state index contributed by atoms with van der Waals surface area (Å²) in [5.74, 6) is 0. The van der Waals surface area contributed by atoms with Gasteiger partial charge < -0.3 is 5.32 Å². The second-order valence-electron chi connectivity index (χ2n) is 9.48. The van der Waals surface area contributed by atoms with Gasteiger partial charge in [0.15, 0.2) is 0 Å². The summed E-state index contributed by atoms with van der Waals surface area (Å²) in [7, 11) is -3.80. The van der Waals surface area contributed by atoms with Crippen molar-refractivity contribution in [1.29, 1.82) is 0 Å². The lowest BCUT2D eigenvalue weighted by molar-refractivity contribution is 0.421. The highest BCUT2D eigenvalue weighted by atomic mass is 32.2. The Labute approximate surface area is 215 Å². The number of benzene rings is 4. The summed E-state index contributed by atoms with van der Waals surface area (Å²) in [6.07, 6.45) is 0. The molecule has 0 fully saturated rings. The average Bonchev–Trinajstić information content (AvgIpc) is 2.88. The van der Waals surface area contributed by atoms with E-state index in [1.165, 1.54) is 16.7 Å². The molecule has 4 nitrogen and oxygen atoms in total. The minimum Gasteiger partial charge on any atom is -0.304 e. The standard InChI is InChI=1S/C31H34N2O2S/c1-22-15-17-24(3)28(19-22)21-32-30(26-11-7-5-8-12-26)31(27-13-9-6-10-14-27)33-36(34,35)29-20-23(2)16-18-25(29)4/h5-20,30-33H,21H2,1-4H3/t30?,31-/m1/s1. The molecule has 0 saturated carbocycles. The first kappa shape index (κ1) is 25.8. The Morgan fingerprint density at radius 2 is 1.17 bits per heavy atom. The Bertz CT molecular complexity index is 1420. The maximum absolute atomic E-state index is 13.8. The zero-order valence-electron chi connectivity index (χ0n) is 21.3. The van der Waals surface area contributed by atoms with E-state index >= 15 is 0 Å². The van der Waals surface area contributed by atoms with E-state index in [0.717, 1.165) is 22.3 Å². The zero-order chi connectivity index (χ0) is 25.7. The van der Waals surface area contributed by atoms with E-state index in [4.69, 9.17) is 0 Å². The molecule has 0 saturated heterocycles. The van der Waals surface area contributed by atoms with Crippen LogP contribution in [0.3, 0.4) is 0 Å². The highest BCUT2D eigenvalue weighted by molar-refractivity contribution is 7.89. The maximum atomic E-state index is 13.8. The van der Waals surface area contributed by atoms with Crippen LogP contribution in [0.2, 0.25) is 0 Å². The molecular weight excluding hydrogens is 464 g/mol. The predicted molar refractivity (Wildman–Crippen MR) is 147 cm³/mol. The average molecular weight is 499 g/mol. The van der Waals surface area contributed by atoms with Crippen molar-refractivity contribution < 1.29 is 8.42 Å². The zero-order valence-corrected chi connectivity index (χ0v) is 22.1. The molecule has 0 aliphatic heterocycles. The molecule has 0 aliphatic rings. The summed E-state index contributed by atoms with van der Waals surface area (Å²) in [5, 5.41) is 3.69. The van der Waals surface area contributed by atoms with Crippen LogP contribution in [0.1, 0.15) is 51.0 Å². The van der Waals surface area contributed by atoms with Gasteiger partial charge in [0.1, 0.15) is 0 Å². The Morgan fingerprint density at radius 1 is 0.639 bits per heavy atom. The summed E-state index contributed by atoms with van der Waals surface area (Å²) >= 11 is 0. The van der Waals surface area contributed by atoms with Gasteiger partial charge in [-0.15, -0.1) is 0 Å². The van der Waals surface area contributed by atoms with Gasteiger partial charge in [0.05, 0.1) is 17.0 Å². The fourth-order valence-electron chi connectivity index (χ4n) is 4.52. The number of sulfonamides is 1. The lowest BCUT2D eigenvalue weighted by Crippen LogP contribution is -2.38. The van der Waals surface area contributed by atoms with Crippen molar-refractivity contribution in [2.75, 3.05) is 0 Å². The molecule has 4 aromatic rings. The van der Waals surface area contributed by atoms with Crippen molar-refractivity contribution in [2.45, 2.75) is 51.2 Å². The molecule has 186 valence electrons. The quantitative estimate of drug-likeness (QED) is 0.278. The third kappa shape index (κ3) is 6.11. The number of hydrogen-bond donors (Lipinski definition) is 2. The van der Waals surface area contributed by atoms with Gasteiger partial charge in [0.25, 0.3) is 0 Å². The SMILES string of the molecule is Cc1ccc(C)c(CNC(c2ccccc2)[C@H](NS(=O)(=O)c2cc(C)ccc2C)c2ccccc2)c1. The molecule has 4 aromatic carbocycles. The van der Waals surface area contributed by atoms with Crippen LogP contribution in [0.5, 0.6) is 0 Å². The topological polar surface area (TPSA) is 58.2 Å². The van der Waals surface area contributed by atoms with Crippen molar-refractivity contribution in [3.05, 3.63) is 136 Å². The van der Waals surface area contributed by atoms with E-state index in [1.54, 1.807) is 6.07 Å². The molecule has 1 unspecified atom stereocenters. The first-order chi connectivity index (χ1) is 17.2. The van der Waals surface area contributed by atoms with Crippen molar-refractivity contribution in [3.8, 4) is 0 Å². The van der Waals surface area contributed by atoms with E-state index in [0.29, 0.717) is 11.4 Å². The van der Waals surface area contributed by atoms with Crippen molar-refractivity contribution in [3.63, 3.8) is 0 Å². The number of nitrogens with one attached hydrogen (secondary N) is 2. The van der Waals surface area contributed by atoms with Gasteiger partial charge in [-0.25, -0.2) is 13.1 Å². The molecule has 4 rings (SSSR count). The predicted octanol–water partition coefficient (Wildman–Crippen LogP) is 6.47. The number of hydrogen-bond acceptors (Lipinski definition) is 3.